The molecule has 0 unspecified atom stereocenters. The molecule has 0 spiro atoms. The molecule has 0 bridgehead atoms. The number of nitrogens with zero attached hydrogens (tertiary/aromatic N) is 3. The van der Waals surface area contributed by atoms with E-state index in [1.807, 2.05) is 0 Å². The summed E-state index contributed by atoms with van der Waals surface area (Å²) in [6.07, 6.45) is 5.59. The Morgan fingerprint density at radius 1 is 1.03 bits per heavy atom. The Labute approximate surface area is 175 Å². The third-order valence-electron chi connectivity index (χ3n) is 5.59. The summed E-state index contributed by atoms with van der Waals surface area (Å²) in [7, 11) is 5.45. The summed E-state index contributed by atoms with van der Waals surface area (Å²) in [5, 5.41) is 0. The highest BCUT2D eigenvalue weighted by Crippen LogP contribution is 2.29. The minimum absolute atomic E-state index is 0.00219. The molecule has 1 aromatic rings. The summed E-state index contributed by atoms with van der Waals surface area (Å²) in [6.45, 7) is 1.82. The van der Waals surface area contributed by atoms with Crippen molar-refractivity contribution in [3.05, 3.63) is 24.0 Å². The molecular formula is C21H36FN3O3S. The molecule has 1 aliphatic carbocycles. The normalized spacial score (nSPS) is 20.4. The van der Waals surface area contributed by atoms with Crippen molar-refractivity contribution in [1.82, 2.24) is 9.21 Å². The molecule has 1 saturated carbocycles. The van der Waals surface area contributed by atoms with Crippen LogP contribution in [0.5, 0.6) is 0 Å². The lowest BCUT2D eigenvalue weighted by molar-refractivity contribution is 0.0154. The quantitative estimate of drug-likeness (QED) is 0.535. The maximum atomic E-state index is 14.3. The van der Waals surface area contributed by atoms with Crippen molar-refractivity contribution < 1.29 is 17.5 Å². The van der Waals surface area contributed by atoms with Gasteiger partial charge < -0.3 is 14.5 Å². The Bertz CT molecular complexity index is 748. The zero-order valence-corrected chi connectivity index (χ0v) is 19.2. The van der Waals surface area contributed by atoms with Crippen molar-refractivity contribution in [2.75, 3.05) is 53.3 Å². The molecule has 0 aliphatic heterocycles. The van der Waals surface area contributed by atoms with E-state index in [1.54, 1.807) is 26.0 Å². The maximum Gasteiger partial charge on any atom is 0.243 e. The summed E-state index contributed by atoms with van der Waals surface area (Å²) in [6, 6.07) is 4.03. The van der Waals surface area contributed by atoms with Gasteiger partial charge in [-0.25, -0.2) is 12.8 Å². The first-order chi connectivity index (χ1) is 13.6. The minimum Gasteiger partial charge on any atom is -0.378 e. The number of sulfonamides is 1. The molecule has 0 N–H and O–H groups in total. The highest BCUT2D eigenvalue weighted by atomic mass is 32.2. The van der Waals surface area contributed by atoms with Gasteiger partial charge in [-0.05, 0) is 77.4 Å². The van der Waals surface area contributed by atoms with E-state index in [-0.39, 0.29) is 17.0 Å². The molecular weight excluding hydrogens is 393 g/mol. The molecule has 0 heterocycles. The number of unbranched alkanes of at least 4 members (excludes halogenated alkanes) is 1. The lowest BCUT2D eigenvalue weighted by Gasteiger charge is -2.34. The summed E-state index contributed by atoms with van der Waals surface area (Å²) in [5.41, 5.74) is 0.370. The monoisotopic (exact) mass is 429 g/mol. The van der Waals surface area contributed by atoms with E-state index < -0.39 is 15.8 Å². The molecule has 0 amide bonds. The van der Waals surface area contributed by atoms with Crippen molar-refractivity contribution in [2.24, 2.45) is 0 Å². The van der Waals surface area contributed by atoms with Crippen LogP contribution >= 0.6 is 0 Å². The van der Waals surface area contributed by atoms with Crippen LogP contribution in [-0.4, -0.2) is 78.2 Å². The lowest BCUT2D eigenvalue weighted by Crippen LogP contribution is -2.40. The van der Waals surface area contributed by atoms with E-state index in [1.165, 1.54) is 16.4 Å². The Hall–Kier alpha value is -1.22. The van der Waals surface area contributed by atoms with Crippen molar-refractivity contribution in [3.63, 3.8) is 0 Å². The number of halogens is 1. The van der Waals surface area contributed by atoms with E-state index in [4.69, 9.17) is 4.74 Å². The summed E-state index contributed by atoms with van der Waals surface area (Å²) < 4.78 is 47.6. The molecule has 0 aromatic heterocycles. The first-order valence-electron chi connectivity index (χ1n) is 10.3. The number of hydrogen-bond acceptors (Lipinski definition) is 5. The molecule has 6 nitrogen and oxygen atoms in total. The number of anilines is 1. The van der Waals surface area contributed by atoms with Gasteiger partial charge in [0.05, 0.1) is 16.7 Å². The van der Waals surface area contributed by atoms with Crippen LogP contribution in [0.3, 0.4) is 0 Å². The summed E-state index contributed by atoms with van der Waals surface area (Å²) >= 11 is 0. The zero-order chi connectivity index (χ0) is 21.6. The molecule has 8 heteroatoms. The predicted octanol–water partition coefficient (Wildman–Crippen LogP) is 3.18. The van der Waals surface area contributed by atoms with Gasteiger partial charge in [0.2, 0.25) is 10.0 Å². The highest BCUT2D eigenvalue weighted by Gasteiger charge is 2.32. The van der Waals surface area contributed by atoms with Crippen LogP contribution in [0, 0.1) is 5.82 Å². The fourth-order valence-corrected chi connectivity index (χ4v) is 5.16. The van der Waals surface area contributed by atoms with Crippen LogP contribution < -0.4 is 4.90 Å². The van der Waals surface area contributed by atoms with E-state index in [9.17, 15) is 12.8 Å². The maximum absolute atomic E-state index is 14.3. The molecule has 29 heavy (non-hydrogen) atoms. The molecule has 1 aliphatic rings. The SMILES string of the molecule is CN(C)CCCCO[C@H]1CC[C@H](N(C)S(=O)(=O)c2ccc(N(C)C)c(F)c2)CC1. The van der Waals surface area contributed by atoms with Gasteiger partial charge >= 0.3 is 0 Å². The molecule has 166 valence electrons. The van der Waals surface area contributed by atoms with Gasteiger partial charge in [-0.1, -0.05) is 0 Å². The number of rotatable bonds is 10. The molecule has 1 aromatic carbocycles. The van der Waals surface area contributed by atoms with Crippen molar-refractivity contribution in [3.8, 4) is 0 Å². The average molecular weight is 430 g/mol. The van der Waals surface area contributed by atoms with Crippen molar-refractivity contribution in [1.29, 1.82) is 0 Å². The topological polar surface area (TPSA) is 53.1 Å². The van der Waals surface area contributed by atoms with Gasteiger partial charge in [0.25, 0.3) is 0 Å². The van der Waals surface area contributed by atoms with Gasteiger partial charge in [-0.3, -0.25) is 0 Å². The standard InChI is InChI=1S/C21H36FN3O3S/c1-23(2)14-6-7-15-28-18-10-8-17(9-11-18)25(5)29(26,27)19-12-13-21(24(3)4)20(22)16-19/h12-13,16-18H,6-11,14-15H2,1-5H3/t17-,18-. The predicted molar refractivity (Wildman–Crippen MR) is 115 cm³/mol. The zero-order valence-electron chi connectivity index (χ0n) is 18.4. The van der Waals surface area contributed by atoms with Crippen LogP contribution in [-0.2, 0) is 14.8 Å². The fraction of sp³-hybridized carbons (Fsp3) is 0.714. The van der Waals surface area contributed by atoms with Gasteiger partial charge in [0.15, 0.2) is 0 Å². The number of hydrogen-bond donors (Lipinski definition) is 0. The summed E-state index contributed by atoms with van der Waals surface area (Å²) in [4.78, 5) is 3.79. The summed E-state index contributed by atoms with van der Waals surface area (Å²) in [5.74, 6) is -0.532. The van der Waals surface area contributed by atoms with Crippen molar-refractivity contribution >= 4 is 15.7 Å². The van der Waals surface area contributed by atoms with Gasteiger partial charge in [0, 0.05) is 33.8 Å². The second-order valence-electron chi connectivity index (χ2n) is 8.34. The van der Waals surface area contributed by atoms with Crippen LogP contribution in [0.4, 0.5) is 10.1 Å². The Balaban J connectivity index is 1.88. The van der Waals surface area contributed by atoms with Crippen LogP contribution in [0.1, 0.15) is 38.5 Å². The Kier molecular flexibility index (Phi) is 8.88. The van der Waals surface area contributed by atoms with Crippen LogP contribution in [0.15, 0.2) is 23.1 Å². The molecule has 0 saturated heterocycles. The number of benzene rings is 1. The fourth-order valence-electron chi connectivity index (χ4n) is 3.73. The lowest BCUT2D eigenvalue weighted by atomic mass is 9.93. The van der Waals surface area contributed by atoms with Crippen LogP contribution in [0.2, 0.25) is 0 Å². The molecule has 1 fully saturated rings. The first kappa shape index (κ1) is 24.1. The Morgan fingerprint density at radius 2 is 1.69 bits per heavy atom. The average Bonchev–Trinajstić information content (AvgIpc) is 2.67. The smallest absolute Gasteiger partial charge is 0.243 e. The third-order valence-corrected chi connectivity index (χ3v) is 7.50. The van der Waals surface area contributed by atoms with E-state index in [0.29, 0.717) is 5.69 Å². The Morgan fingerprint density at radius 3 is 2.24 bits per heavy atom. The highest BCUT2D eigenvalue weighted by molar-refractivity contribution is 7.89. The second kappa shape index (κ2) is 10.7. The molecule has 2 rings (SSSR count). The number of ether oxygens (including phenoxy) is 1. The van der Waals surface area contributed by atoms with Gasteiger partial charge in [0.1, 0.15) is 5.82 Å². The van der Waals surface area contributed by atoms with E-state index >= 15 is 0 Å². The first-order valence-corrected chi connectivity index (χ1v) is 11.8. The second-order valence-corrected chi connectivity index (χ2v) is 10.3. The van der Waals surface area contributed by atoms with E-state index in [0.717, 1.165) is 57.7 Å². The van der Waals surface area contributed by atoms with Gasteiger partial charge in [-0.2, -0.15) is 4.31 Å². The van der Waals surface area contributed by atoms with Gasteiger partial charge in [-0.15, -0.1) is 0 Å². The molecule has 0 atom stereocenters. The van der Waals surface area contributed by atoms with Crippen molar-refractivity contribution in [2.45, 2.75) is 55.6 Å². The van der Waals surface area contributed by atoms with E-state index in [2.05, 4.69) is 19.0 Å². The largest absolute Gasteiger partial charge is 0.378 e. The minimum atomic E-state index is -3.72. The van der Waals surface area contributed by atoms with Crippen LogP contribution in [0.25, 0.3) is 0 Å². The third kappa shape index (κ3) is 6.64. The molecule has 0 radical (unpaired) electrons.